The van der Waals surface area contributed by atoms with Gasteiger partial charge in [0.2, 0.25) is 0 Å². The molecule has 1 saturated heterocycles. The van der Waals surface area contributed by atoms with Gasteiger partial charge in [-0.05, 0) is 61.9 Å². The maximum absolute atomic E-state index is 12.3. The van der Waals surface area contributed by atoms with Crippen LogP contribution in [-0.2, 0) is 0 Å². The number of aliphatic hydroxyl groups is 1. The van der Waals surface area contributed by atoms with Crippen molar-refractivity contribution in [1.82, 2.24) is 0 Å². The van der Waals surface area contributed by atoms with E-state index in [9.17, 15) is 23.1 Å². The third-order valence-electron chi connectivity index (χ3n) is 4.29. The molecule has 27 heavy (non-hydrogen) atoms. The Morgan fingerprint density at radius 2 is 1.78 bits per heavy atom. The molecule has 2 aromatic rings. The van der Waals surface area contributed by atoms with Gasteiger partial charge in [-0.15, -0.1) is 13.2 Å². The van der Waals surface area contributed by atoms with E-state index in [1.807, 2.05) is 4.90 Å². The molecular weight excluding hydrogens is 361 g/mol. The van der Waals surface area contributed by atoms with E-state index < -0.39 is 12.0 Å². The number of benzene rings is 2. The van der Waals surface area contributed by atoms with Gasteiger partial charge >= 0.3 is 6.36 Å². The lowest BCUT2D eigenvalue weighted by Crippen LogP contribution is -2.29. The van der Waals surface area contributed by atoms with Crippen LogP contribution in [0.4, 0.5) is 24.5 Å². The van der Waals surface area contributed by atoms with Gasteiger partial charge in [-0.25, -0.2) is 0 Å². The largest absolute Gasteiger partial charge is 0.573 e. The monoisotopic (exact) mass is 380 g/mol. The molecule has 2 aromatic carbocycles. The molecule has 3 rings (SSSR count). The molecule has 1 heterocycles. The molecule has 0 spiro atoms. The van der Waals surface area contributed by atoms with Crippen molar-refractivity contribution in [2.45, 2.75) is 25.3 Å². The normalized spacial score (nSPS) is 19.8. The summed E-state index contributed by atoms with van der Waals surface area (Å²) in [5, 5.41) is 12.7. The van der Waals surface area contributed by atoms with Gasteiger partial charge in [0.25, 0.3) is 5.91 Å². The number of anilines is 2. The minimum Gasteiger partial charge on any atom is -0.406 e. The summed E-state index contributed by atoms with van der Waals surface area (Å²) in [6.45, 7) is 3.07. The lowest BCUT2D eigenvalue weighted by Gasteiger charge is -2.21. The Bertz CT molecular complexity index is 802. The molecule has 0 aromatic heterocycles. The molecule has 8 heteroatoms. The summed E-state index contributed by atoms with van der Waals surface area (Å²) >= 11 is 0. The topological polar surface area (TPSA) is 61.8 Å². The van der Waals surface area contributed by atoms with Crippen LogP contribution in [0, 0.1) is 0 Å². The summed E-state index contributed by atoms with van der Waals surface area (Å²) in [5.74, 6) is -0.731. The van der Waals surface area contributed by atoms with Crippen molar-refractivity contribution in [3.05, 3.63) is 54.1 Å². The van der Waals surface area contributed by atoms with Crippen molar-refractivity contribution in [1.29, 1.82) is 0 Å². The Morgan fingerprint density at radius 1 is 1.15 bits per heavy atom. The fourth-order valence-corrected chi connectivity index (χ4v) is 2.93. The quantitative estimate of drug-likeness (QED) is 0.847. The molecule has 1 amide bonds. The fourth-order valence-electron chi connectivity index (χ4n) is 2.93. The van der Waals surface area contributed by atoms with E-state index in [1.165, 1.54) is 12.1 Å². The van der Waals surface area contributed by atoms with E-state index in [1.54, 1.807) is 31.2 Å². The van der Waals surface area contributed by atoms with Crippen LogP contribution < -0.4 is 15.0 Å². The van der Waals surface area contributed by atoms with Gasteiger partial charge < -0.3 is 20.1 Å². The van der Waals surface area contributed by atoms with E-state index >= 15 is 0 Å². The number of nitrogens with zero attached hydrogens (tertiary/aromatic N) is 1. The third-order valence-corrected chi connectivity index (χ3v) is 4.29. The second kappa shape index (κ2) is 7.11. The SMILES string of the molecule is CC1(O)CCN(c2ccc(C(=O)Nc3ccc(OC(F)(F)F)cc3)cc2)C1. The first kappa shape index (κ1) is 19.0. The number of carbonyl (C=O) groups excluding carboxylic acids is 1. The highest BCUT2D eigenvalue weighted by Gasteiger charge is 2.32. The van der Waals surface area contributed by atoms with Crippen molar-refractivity contribution in [3.63, 3.8) is 0 Å². The molecule has 1 atom stereocenters. The van der Waals surface area contributed by atoms with Crippen molar-refractivity contribution < 1.29 is 27.8 Å². The Hall–Kier alpha value is -2.74. The highest BCUT2D eigenvalue weighted by atomic mass is 19.4. The Kier molecular flexibility index (Phi) is 5.01. The highest BCUT2D eigenvalue weighted by Crippen LogP contribution is 2.27. The number of carbonyl (C=O) groups is 1. The number of ether oxygens (including phenoxy) is 1. The molecule has 144 valence electrons. The van der Waals surface area contributed by atoms with Gasteiger partial charge in [-0.2, -0.15) is 0 Å². The van der Waals surface area contributed by atoms with Gasteiger partial charge in [0.05, 0.1) is 5.60 Å². The van der Waals surface area contributed by atoms with Gasteiger partial charge in [0.15, 0.2) is 0 Å². The summed E-state index contributed by atoms with van der Waals surface area (Å²) in [5.41, 5.74) is 0.977. The average molecular weight is 380 g/mol. The van der Waals surface area contributed by atoms with Crippen LogP contribution >= 0.6 is 0 Å². The third kappa shape index (κ3) is 5.13. The summed E-state index contributed by atoms with van der Waals surface area (Å²) in [6, 6.07) is 11.9. The highest BCUT2D eigenvalue weighted by molar-refractivity contribution is 6.04. The molecule has 1 aliphatic rings. The van der Waals surface area contributed by atoms with E-state index in [2.05, 4.69) is 10.1 Å². The van der Waals surface area contributed by atoms with Crippen LogP contribution in [0.1, 0.15) is 23.7 Å². The number of nitrogens with one attached hydrogen (secondary N) is 1. The molecule has 0 saturated carbocycles. The van der Waals surface area contributed by atoms with Crippen molar-refractivity contribution in [2.24, 2.45) is 0 Å². The minimum atomic E-state index is -4.75. The Morgan fingerprint density at radius 3 is 2.30 bits per heavy atom. The van der Waals surface area contributed by atoms with Crippen LogP contribution in [0.5, 0.6) is 5.75 Å². The number of rotatable bonds is 4. The Balaban J connectivity index is 1.61. The van der Waals surface area contributed by atoms with Gasteiger partial charge in [0.1, 0.15) is 5.75 Å². The predicted octanol–water partition coefficient (Wildman–Crippen LogP) is 3.80. The smallest absolute Gasteiger partial charge is 0.406 e. The van der Waals surface area contributed by atoms with Crippen LogP contribution in [0.25, 0.3) is 0 Å². The second-order valence-corrected chi connectivity index (χ2v) is 6.74. The summed E-state index contributed by atoms with van der Waals surface area (Å²) in [6.07, 6.45) is -4.07. The predicted molar refractivity (Wildman–Crippen MR) is 95.0 cm³/mol. The summed E-state index contributed by atoms with van der Waals surface area (Å²) < 4.78 is 40.2. The van der Waals surface area contributed by atoms with Gasteiger partial charge in [-0.1, -0.05) is 0 Å². The lowest BCUT2D eigenvalue weighted by molar-refractivity contribution is -0.274. The molecule has 5 nitrogen and oxygen atoms in total. The van der Waals surface area contributed by atoms with Crippen molar-refractivity contribution >= 4 is 17.3 Å². The molecule has 2 N–H and O–H groups in total. The first-order chi connectivity index (χ1) is 12.6. The zero-order valence-electron chi connectivity index (χ0n) is 14.6. The first-order valence-electron chi connectivity index (χ1n) is 8.36. The first-order valence-corrected chi connectivity index (χ1v) is 8.36. The van der Waals surface area contributed by atoms with E-state index in [-0.39, 0.29) is 11.7 Å². The van der Waals surface area contributed by atoms with Crippen LogP contribution in [0.2, 0.25) is 0 Å². The van der Waals surface area contributed by atoms with E-state index in [0.29, 0.717) is 24.2 Å². The summed E-state index contributed by atoms with van der Waals surface area (Å²) in [4.78, 5) is 14.3. The zero-order valence-corrected chi connectivity index (χ0v) is 14.6. The van der Waals surface area contributed by atoms with E-state index in [0.717, 1.165) is 24.4 Å². The Labute approximate surface area is 154 Å². The molecule has 1 fully saturated rings. The number of halogens is 3. The number of β-amino-alcohol motifs (C(OH)–C–C–N with tert-alkyl or cyclic N) is 1. The van der Waals surface area contributed by atoms with Crippen LogP contribution in [0.3, 0.4) is 0 Å². The molecule has 0 aliphatic carbocycles. The maximum atomic E-state index is 12.3. The second-order valence-electron chi connectivity index (χ2n) is 6.74. The summed E-state index contributed by atoms with van der Waals surface area (Å²) in [7, 11) is 0. The molecule has 1 aliphatic heterocycles. The van der Waals surface area contributed by atoms with Crippen molar-refractivity contribution in [3.8, 4) is 5.75 Å². The number of amides is 1. The van der Waals surface area contributed by atoms with Crippen LogP contribution in [0.15, 0.2) is 48.5 Å². The average Bonchev–Trinajstić information content (AvgIpc) is 2.95. The standard InChI is InChI=1S/C19H19F3N2O3/c1-18(26)10-11-24(12-18)15-6-2-13(3-7-15)17(25)23-14-4-8-16(9-5-14)27-19(20,21)22/h2-9,26H,10-12H2,1H3,(H,23,25). The molecule has 1 unspecified atom stereocenters. The van der Waals surface area contributed by atoms with Crippen molar-refractivity contribution in [2.75, 3.05) is 23.3 Å². The van der Waals surface area contributed by atoms with E-state index in [4.69, 9.17) is 0 Å². The molecule has 0 radical (unpaired) electrons. The molecular formula is C19H19F3N2O3. The fraction of sp³-hybridized carbons (Fsp3) is 0.316. The minimum absolute atomic E-state index is 0.355. The lowest BCUT2D eigenvalue weighted by atomic mass is 10.1. The van der Waals surface area contributed by atoms with Crippen LogP contribution in [-0.4, -0.2) is 36.1 Å². The zero-order chi connectivity index (χ0) is 19.7. The molecule has 0 bridgehead atoms. The van der Waals surface area contributed by atoms with Gasteiger partial charge in [-0.3, -0.25) is 4.79 Å². The maximum Gasteiger partial charge on any atom is 0.573 e. The number of hydrogen-bond donors (Lipinski definition) is 2. The number of hydrogen-bond acceptors (Lipinski definition) is 4. The number of alkyl halides is 3. The van der Waals surface area contributed by atoms with Gasteiger partial charge in [0, 0.05) is 30.0 Å².